The number of carbonyl (C=O) groups is 1. The Morgan fingerprint density at radius 2 is 2.05 bits per heavy atom. The zero-order valence-electron chi connectivity index (χ0n) is 11.4. The predicted molar refractivity (Wildman–Crippen MR) is 71.7 cm³/mol. The first-order chi connectivity index (χ1) is 9.06. The highest BCUT2D eigenvalue weighted by Gasteiger charge is 2.56. The van der Waals surface area contributed by atoms with Crippen LogP contribution in [0.3, 0.4) is 0 Å². The van der Waals surface area contributed by atoms with Gasteiger partial charge in [0.25, 0.3) is 5.91 Å². The van der Waals surface area contributed by atoms with Crippen molar-refractivity contribution < 1.29 is 9.21 Å². The summed E-state index contributed by atoms with van der Waals surface area (Å²) in [7, 11) is 0. The Kier molecular flexibility index (Phi) is 2.22. The van der Waals surface area contributed by atoms with Crippen molar-refractivity contribution in [1.82, 2.24) is 5.32 Å². The summed E-state index contributed by atoms with van der Waals surface area (Å²) in [5, 5.41) is 3.32. The van der Waals surface area contributed by atoms with Gasteiger partial charge in [-0.2, -0.15) is 0 Å². The molecular weight excluding hydrogens is 238 g/mol. The Bertz CT molecular complexity index is 491. The Morgan fingerprint density at radius 1 is 1.32 bits per heavy atom. The molecule has 4 aliphatic rings. The third-order valence-corrected chi connectivity index (χ3v) is 5.48. The molecule has 2 atom stereocenters. The van der Waals surface area contributed by atoms with Crippen LogP contribution in [0.15, 0.2) is 22.8 Å². The predicted octanol–water partition coefficient (Wildman–Crippen LogP) is 3.37. The highest BCUT2D eigenvalue weighted by molar-refractivity contribution is 5.92. The van der Waals surface area contributed by atoms with Crippen molar-refractivity contribution in [2.45, 2.75) is 51.0 Å². The van der Waals surface area contributed by atoms with Gasteiger partial charge in [0.05, 0.1) is 6.26 Å². The van der Waals surface area contributed by atoms with Crippen LogP contribution in [0.4, 0.5) is 0 Å². The number of furan rings is 1. The average molecular weight is 259 g/mol. The molecule has 1 amide bonds. The van der Waals surface area contributed by atoms with E-state index in [0.717, 1.165) is 18.3 Å². The van der Waals surface area contributed by atoms with Gasteiger partial charge in [0.15, 0.2) is 5.76 Å². The van der Waals surface area contributed by atoms with E-state index in [4.69, 9.17) is 4.42 Å². The number of rotatable bonds is 2. The van der Waals surface area contributed by atoms with Crippen molar-refractivity contribution in [2.75, 3.05) is 0 Å². The maximum absolute atomic E-state index is 12.3. The first-order valence-corrected chi connectivity index (χ1v) is 7.42. The summed E-state index contributed by atoms with van der Waals surface area (Å²) in [5.74, 6) is 2.06. The van der Waals surface area contributed by atoms with Gasteiger partial charge in [-0.05, 0) is 67.9 Å². The van der Waals surface area contributed by atoms with E-state index in [2.05, 4.69) is 12.2 Å². The van der Waals surface area contributed by atoms with Gasteiger partial charge in [-0.15, -0.1) is 0 Å². The van der Waals surface area contributed by atoms with Crippen LogP contribution >= 0.6 is 0 Å². The van der Waals surface area contributed by atoms with Crippen LogP contribution in [0.2, 0.25) is 0 Å². The highest BCUT2D eigenvalue weighted by Crippen LogP contribution is 2.61. The largest absolute Gasteiger partial charge is 0.459 e. The molecule has 4 fully saturated rings. The van der Waals surface area contributed by atoms with E-state index >= 15 is 0 Å². The Labute approximate surface area is 113 Å². The number of nitrogens with one attached hydrogen (secondary N) is 1. The molecule has 102 valence electrons. The second-order valence-corrected chi connectivity index (χ2v) is 7.48. The van der Waals surface area contributed by atoms with Crippen LogP contribution in [0, 0.1) is 17.3 Å². The Morgan fingerprint density at radius 3 is 2.63 bits per heavy atom. The third-order valence-electron chi connectivity index (χ3n) is 5.48. The van der Waals surface area contributed by atoms with E-state index in [1.165, 1.54) is 32.1 Å². The van der Waals surface area contributed by atoms with Crippen LogP contribution in [-0.4, -0.2) is 11.4 Å². The standard InChI is InChI=1S/C16H21NO2/c1-15-6-11-5-12(7-15)9-16(8-11,10-15)17-14(18)13-3-2-4-19-13/h2-4,11-12H,5-10H2,1H3,(H,17,18). The fourth-order valence-corrected chi connectivity index (χ4v) is 5.58. The summed E-state index contributed by atoms with van der Waals surface area (Å²) in [6.45, 7) is 2.41. The van der Waals surface area contributed by atoms with Gasteiger partial charge in [-0.1, -0.05) is 6.92 Å². The molecule has 1 heterocycles. The quantitative estimate of drug-likeness (QED) is 0.884. The zero-order chi connectivity index (χ0) is 13.1. The van der Waals surface area contributed by atoms with Gasteiger partial charge in [0.1, 0.15) is 0 Å². The van der Waals surface area contributed by atoms with Crippen LogP contribution in [0.5, 0.6) is 0 Å². The van der Waals surface area contributed by atoms with Crippen LogP contribution in [0.25, 0.3) is 0 Å². The van der Waals surface area contributed by atoms with Gasteiger partial charge in [0, 0.05) is 5.54 Å². The highest BCUT2D eigenvalue weighted by atomic mass is 16.3. The van der Waals surface area contributed by atoms with E-state index in [0.29, 0.717) is 11.2 Å². The van der Waals surface area contributed by atoms with E-state index in [1.807, 2.05) is 0 Å². The van der Waals surface area contributed by atoms with E-state index < -0.39 is 0 Å². The topological polar surface area (TPSA) is 42.2 Å². The minimum Gasteiger partial charge on any atom is -0.459 e. The normalized spacial score (nSPS) is 43.4. The second kappa shape index (κ2) is 3.65. The minimum absolute atomic E-state index is 0.0319. The fourth-order valence-electron chi connectivity index (χ4n) is 5.58. The van der Waals surface area contributed by atoms with Gasteiger partial charge in [-0.25, -0.2) is 0 Å². The molecule has 1 aromatic heterocycles. The molecule has 4 aliphatic carbocycles. The molecule has 0 saturated heterocycles. The minimum atomic E-state index is -0.0319. The van der Waals surface area contributed by atoms with Gasteiger partial charge in [0.2, 0.25) is 0 Å². The van der Waals surface area contributed by atoms with Crippen LogP contribution in [-0.2, 0) is 0 Å². The molecule has 19 heavy (non-hydrogen) atoms. The smallest absolute Gasteiger partial charge is 0.287 e. The first kappa shape index (κ1) is 11.6. The van der Waals surface area contributed by atoms with Crippen molar-refractivity contribution in [1.29, 1.82) is 0 Å². The van der Waals surface area contributed by atoms with Crippen molar-refractivity contribution in [2.24, 2.45) is 17.3 Å². The van der Waals surface area contributed by atoms with Gasteiger partial charge >= 0.3 is 0 Å². The molecule has 0 radical (unpaired) electrons. The molecule has 4 saturated carbocycles. The van der Waals surface area contributed by atoms with Crippen LogP contribution < -0.4 is 5.32 Å². The fraction of sp³-hybridized carbons (Fsp3) is 0.688. The summed E-state index contributed by atoms with van der Waals surface area (Å²) in [5.41, 5.74) is 0.503. The van der Waals surface area contributed by atoms with E-state index in [1.54, 1.807) is 18.4 Å². The molecule has 1 aromatic rings. The average Bonchev–Trinajstić information content (AvgIpc) is 2.77. The molecule has 0 spiro atoms. The summed E-state index contributed by atoms with van der Waals surface area (Å²) < 4.78 is 5.22. The van der Waals surface area contributed by atoms with Crippen LogP contribution in [0.1, 0.15) is 56.0 Å². The van der Waals surface area contributed by atoms with Crippen molar-refractivity contribution >= 4 is 5.91 Å². The van der Waals surface area contributed by atoms with Gasteiger partial charge < -0.3 is 9.73 Å². The molecule has 3 nitrogen and oxygen atoms in total. The molecule has 3 heteroatoms. The third kappa shape index (κ3) is 1.82. The lowest BCUT2D eigenvalue weighted by molar-refractivity contribution is -0.0682. The monoisotopic (exact) mass is 259 g/mol. The molecule has 1 N–H and O–H groups in total. The van der Waals surface area contributed by atoms with Gasteiger partial charge in [-0.3, -0.25) is 4.79 Å². The maximum atomic E-state index is 12.3. The summed E-state index contributed by atoms with van der Waals surface area (Å²) in [6.07, 6.45) is 9.17. The van der Waals surface area contributed by atoms with E-state index in [9.17, 15) is 4.79 Å². The number of hydrogen-bond donors (Lipinski definition) is 1. The lowest BCUT2D eigenvalue weighted by Crippen LogP contribution is -2.62. The summed E-state index contributed by atoms with van der Waals surface area (Å²) >= 11 is 0. The molecule has 0 aromatic carbocycles. The lowest BCUT2D eigenvalue weighted by atomic mass is 9.47. The van der Waals surface area contributed by atoms with Crippen molar-refractivity contribution in [3.05, 3.63) is 24.2 Å². The lowest BCUT2D eigenvalue weighted by Gasteiger charge is -2.61. The second-order valence-electron chi connectivity index (χ2n) is 7.48. The SMILES string of the molecule is CC12CC3CC(C1)CC(NC(=O)c1ccco1)(C3)C2. The molecule has 0 aliphatic heterocycles. The number of carbonyl (C=O) groups excluding carboxylic acids is 1. The maximum Gasteiger partial charge on any atom is 0.287 e. The zero-order valence-corrected chi connectivity index (χ0v) is 11.4. The number of hydrogen-bond acceptors (Lipinski definition) is 2. The molecule has 2 unspecified atom stereocenters. The Balaban J connectivity index is 1.59. The molecular formula is C16H21NO2. The van der Waals surface area contributed by atoms with Crippen molar-refractivity contribution in [3.63, 3.8) is 0 Å². The molecule has 5 rings (SSSR count). The first-order valence-electron chi connectivity index (χ1n) is 7.42. The van der Waals surface area contributed by atoms with Crippen molar-refractivity contribution in [3.8, 4) is 0 Å². The summed E-state index contributed by atoms with van der Waals surface area (Å²) in [6, 6.07) is 3.52. The molecule has 4 bridgehead atoms. The number of amides is 1. The summed E-state index contributed by atoms with van der Waals surface area (Å²) in [4.78, 5) is 12.3. The van der Waals surface area contributed by atoms with E-state index in [-0.39, 0.29) is 11.4 Å². The Hall–Kier alpha value is -1.25.